The van der Waals surface area contributed by atoms with E-state index in [4.69, 9.17) is 18.1 Å². The van der Waals surface area contributed by atoms with Gasteiger partial charge >= 0.3 is 0 Å². The Kier molecular flexibility index (Phi) is 2.42. The third-order valence-electron chi connectivity index (χ3n) is 7.37. The molecule has 0 saturated carbocycles. The van der Waals surface area contributed by atoms with Crippen LogP contribution in [-0.2, 0) is 0 Å². The standard InChI is InChI=1S/C40H24O/c1-3-13-28-25(10-1)12-9-19-30(28)39-33-17-7-5-15-31(33)38(32-16-6-8-18-34(32)39)27-21-23-37-36(24-27)35-22-20-26-11-2-4-14-29(26)40(35)41-37/h1-24H/i2D,4D,5D,6D,7D,8D,11D,14D,15D,16D,17D,18D,20D,21D,22D,23D,24D. The van der Waals surface area contributed by atoms with E-state index in [2.05, 4.69) is 0 Å². The summed E-state index contributed by atoms with van der Waals surface area (Å²) < 4.78 is 158. The fourth-order valence-electron chi connectivity index (χ4n) is 5.62. The van der Waals surface area contributed by atoms with Gasteiger partial charge in [0.25, 0.3) is 0 Å². The largest absolute Gasteiger partial charge is 0.455 e. The van der Waals surface area contributed by atoms with Crippen LogP contribution in [0.15, 0.2) is 150 Å². The molecular weight excluding hydrogens is 496 g/mol. The number of hydrogen-bond acceptors (Lipinski definition) is 1. The first-order chi connectivity index (χ1) is 27.4. The Morgan fingerprint density at radius 3 is 1.88 bits per heavy atom. The second kappa shape index (κ2) is 8.55. The van der Waals surface area contributed by atoms with Gasteiger partial charge in [-0.15, -0.1) is 0 Å². The molecule has 41 heavy (non-hydrogen) atoms. The van der Waals surface area contributed by atoms with E-state index in [1.54, 1.807) is 30.3 Å². The first-order valence-electron chi connectivity index (χ1n) is 21.2. The maximum atomic E-state index is 9.73. The van der Waals surface area contributed by atoms with Gasteiger partial charge in [0, 0.05) is 16.2 Å². The molecule has 0 amide bonds. The second-order valence-electron chi connectivity index (χ2n) is 9.54. The van der Waals surface area contributed by atoms with Gasteiger partial charge in [-0.3, -0.25) is 0 Å². The van der Waals surface area contributed by atoms with E-state index >= 15 is 0 Å². The van der Waals surface area contributed by atoms with Crippen LogP contribution in [0.4, 0.5) is 0 Å². The van der Waals surface area contributed by atoms with Crippen molar-refractivity contribution < 1.29 is 27.7 Å². The molecule has 1 aromatic heterocycles. The maximum absolute atomic E-state index is 9.73. The zero-order valence-corrected chi connectivity index (χ0v) is 20.9. The molecule has 0 unspecified atom stereocenters. The summed E-state index contributed by atoms with van der Waals surface area (Å²) in [5.41, 5.74) is -1.21. The number of benzene rings is 8. The molecule has 0 N–H and O–H groups in total. The summed E-state index contributed by atoms with van der Waals surface area (Å²) in [6, 6.07) is 1.30. The molecule has 9 aromatic rings. The van der Waals surface area contributed by atoms with Crippen molar-refractivity contribution in [2.45, 2.75) is 0 Å². The fraction of sp³-hybridized carbons (Fsp3) is 0. The van der Waals surface area contributed by atoms with Crippen molar-refractivity contribution in [2.24, 2.45) is 0 Å². The van der Waals surface area contributed by atoms with Gasteiger partial charge in [0.2, 0.25) is 0 Å². The normalized spacial score (nSPS) is 17.7. The monoisotopic (exact) mass is 537 g/mol. The number of rotatable bonds is 2. The molecule has 190 valence electrons. The summed E-state index contributed by atoms with van der Waals surface area (Å²) in [5.74, 6) is 0. The Balaban J connectivity index is 1.61. The van der Waals surface area contributed by atoms with Gasteiger partial charge in [-0.1, -0.05) is 127 Å². The molecule has 1 heterocycles. The summed E-state index contributed by atoms with van der Waals surface area (Å²) in [4.78, 5) is 0. The summed E-state index contributed by atoms with van der Waals surface area (Å²) in [6.45, 7) is 0. The van der Waals surface area contributed by atoms with Crippen molar-refractivity contribution in [2.75, 3.05) is 0 Å². The molecule has 1 heteroatoms. The van der Waals surface area contributed by atoms with E-state index in [0.29, 0.717) is 10.9 Å². The minimum absolute atomic E-state index is 0.0523. The van der Waals surface area contributed by atoms with E-state index in [-0.39, 0.29) is 59.8 Å². The van der Waals surface area contributed by atoms with Crippen LogP contribution in [0.2, 0.25) is 0 Å². The molecule has 0 fully saturated rings. The van der Waals surface area contributed by atoms with E-state index in [1.165, 1.54) is 0 Å². The van der Waals surface area contributed by atoms with Gasteiger partial charge in [0.1, 0.15) is 11.2 Å². The summed E-state index contributed by atoms with van der Waals surface area (Å²) in [6.07, 6.45) is 0. The Bertz CT molecular complexity index is 3340. The highest BCUT2D eigenvalue weighted by Gasteiger charge is 2.19. The molecule has 0 radical (unpaired) electrons. The summed E-state index contributed by atoms with van der Waals surface area (Å²) in [7, 11) is 0. The Morgan fingerprint density at radius 2 is 1.10 bits per heavy atom. The van der Waals surface area contributed by atoms with Crippen molar-refractivity contribution >= 4 is 65.0 Å². The SMILES string of the molecule is [2H]c1c(-c2c3c([2H])c([2H])c([2H])c([2H])c3c(-c3cccc4ccccc34)c3c([2H])c([2H])c([2H])c([2H])c23)c([2H])c2c(oc3c4c([2H])c([2H])c([2H])c([2H])c4c([2H])c([2H])c32)c1[2H]. The summed E-state index contributed by atoms with van der Waals surface area (Å²) >= 11 is 0. The Morgan fingerprint density at radius 1 is 0.439 bits per heavy atom. The van der Waals surface area contributed by atoms with Gasteiger partial charge < -0.3 is 4.42 Å². The average Bonchev–Trinajstić information content (AvgIpc) is 3.62. The predicted octanol–water partition coefficient (Wildman–Crippen LogP) is 11.5. The minimum Gasteiger partial charge on any atom is -0.455 e. The van der Waals surface area contributed by atoms with Crippen molar-refractivity contribution in [1.82, 2.24) is 0 Å². The highest BCUT2D eigenvalue weighted by atomic mass is 16.3. The lowest BCUT2D eigenvalue weighted by atomic mass is 9.84. The molecule has 0 bridgehead atoms. The van der Waals surface area contributed by atoms with Crippen LogP contribution < -0.4 is 0 Å². The second-order valence-corrected chi connectivity index (χ2v) is 9.54. The molecule has 0 saturated heterocycles. The predicted molar refractivity (Wildman–Crippen MR) is 175 cm³/mol. The van der Waals surface area contributed by atoms with Gasteiger partial charge in [0.15, 0.2) is 0 Å². The molecule has 0 aliphatic rings. The zero-order valence-electron chi connectivity index (χ0n) is 37.9. The molecule has 0 spiro atoms. The Hall–Kier alpha value is -5.40. The molecule has 0 aliphatic carbocycles. The van der Waals surface area contributed by atoms with Crippen molar-refractivity contribution in [3.63, 3.8) is 0 Å². The number of furan rings is 1. The van der Waals surface area contributed by atoms with E-state index in [9.17, 15) is 9.60 Å². The first-order valence-corrected chi connectivity index (χ1v) is 12.7. The van der Waals surface area contributed by atoms with Crippen LogP contribution in [0.5, 0.6) is 0 Å². The maximum Gasteiger partial charge on any atom is 0.143 e. The van der Waals surface area contributed by atoms with E-state index in [0.717, 1.165) is 5.39 Å². The molecule has 8 aromatic carbocycles. The van der Waals surface area contributed by atoms with Crippen LogP contribution >= 0.6 is 0 Å². The van der Waals surface area contributed by atoms with Crippen molar-refractivity contribution in [3.8, 4) is 22.3 Å². The lowest BCUT2D eigenvalue weighted by molar-refractivity contribution is 0.672. The van der Waals surface area contributed by atoms with Gasteiger partial charge in [0.05, 0.1) is 23.3 Å². The molecular formula is C40H24O. The molecule has 1 nitrogen and oxygen atoms in total. The number of hydrogen-bond donors (Lipinski definition) is 0. The van der Waals surface area contributed by atoms with Crippen LogP contribution in [0.1, 0.15) is 23.3 Å². The Labute approximate surface area is 260 Å². The quantitative estimate of drug-likeness (QED) is 0.200. The van der Waals surface area contributed by atoms with E-state index in [1.807, 2.05) is 12.1 Å². The zero-order chi connectivity index (χ0) is 41.7. The fourth-order valence-corrected chi connectivity index (χ4v) is 5.62. The van der Waals surface area contributed by atoms with Crippen molar-refractivity contribution in [3.05, 3.63) is 145 Å². The first kappa shape index (κ1) is 11.6. The highest BCUT2D eigenvalue weighted by Crippen LogP contribution is 2.46. The minimum atomic E-state index is -0.735. The van der Waals surface area contributed by atoms with Crippen LogP contribution in [0.25, 0.3) is 87.3 Å². The van der Waals surface area contributed by atoms with E-state index < -0.39 is 114 Å². The van der Waals surface area contributed by atoms with Gasteiger partial charge in [-0.25, -0.2) is 0 Å². The highest BCUT2D eigenvalue weighted by molar-refractivity contribution is 6.24. The van der Waals surface area contributed by atoms with Crippen LogP contribution in [0, 0.1) is 0 Å². The molecule has 0 aliphatic heterocycles. The molecule has 9 rings (SSSR count). The lowest BCUT2D eigenvalue weighted by Crippen LogP contribution is -1.91. The topological polar surface area (TPSA) is 13.1 Å². The average molecular weight is 538 g/mol. The van der Waals surface area contributed by atoms with Crippen LogP contribution in [-0.4, -0.2) is 0 Å². The smallest absolute Gasteiger partial charge is 0.143 e. The van der Waals surface area contributed by atoms with Crippen LogP contribution in [0.3, 0.4) is 0 Å². The van der Waals surface area contributed by atoms with Crippen molar-refractivity contribution in [1.29, 1.82) is 0 Å². The third kappa shape index (κ3) is 3.24. The number of fused-ring (bicyclic) bond motifs is 8. The third-order valence-corrected chi connectivity index (χ3v) is 7.37. The molecule has 0 atom stereocenters. The van der Waals surface area contributed by atoms with Gasteiger partial charge in [-0.05, 0) is 78.1 Å². The van der Waals surface area contributed by atoms with Gasteiger partial charge in [-0.2, -0.15) is 0 Å². The summed E-state index contributed by atoms with van der Waals surface area (Å²) in [5, 5.41) is -0.851. The lowest BCUT2D eigenvalue weighted by Gasteiger charge is -2.18.